The Hall–Kier alpha value is -2.29. The average molecular weight is 281 g/mol. The van der Waals surface area contributed by atoms with E-state index in [1.807, 2.05) is 6.92 Å². The molecule has 0 saturated carbocycles. The third-order valence-corrected chi connectivity index (χ3v) is 3.09. The highest BCUT2D eigenvalue weighted by Crippen LogP contribution is 2.28. The van der Waals surface area contributed by atoms with E-state index in [0.29, 0.717) is 10.6 Å². The number of aromatic amines is 1. The summed E-state index contributed by atoms with van der Waals surface area (Å²) in [5.41, 5.74) is 0.321. The molecule has 0 aliphatic heterocycles. The number of hydrogen-bond acceptors (Lipinski definition) is 7. The minimum Gasteiger partial charge on any atom is -0.462 e. The van der Waals surface area contributed by atoms with Crippen molar-refractivity contribution in [3.8, 4) is 0 Å². The van der Waals surface area contributed by atoms with Crippen LogP contribution < -0.4 is 5.32 Å². The van der Waals surface area contributed by atoms with E-state index < -0.39 is 11.9 Å². The number of thiophene rings is 1. The molecule has 19 heavy (non-hydrogen) atoms. The van der Waals surface area contributed by atoms with Crippen molar-refractivity contribution in [3.05, 3.63) is 22.3 Å². The lowest BCUT2D eigenvalue weighted by Crippen LogP contribution is -2.15. The van der Waals surface area contributed by atoms with Crippen LogP contribution in [0.1, 0.15) is 32.8 Å². The summed E-state index contributed by atoms with van der Waals surface area (Å²) in [6.07, 6.45) is 0. The number of hydrogen-bond donors (Lipinski definition) is 2. The Balaban J connectivity index is 2.20. The van der Waals surface area contributed by atoms with Crippen LogP contribution in [0.25, 0.3) is 0 Å². The van der Waals surface area contributed by atoms with Gasteiger partial charge in [0.15, 0.2) is 0 Å². The van der Waals surface area contributed by atoms with E-state index in [-0.39, 0.29) is 12.4 Å². The summed E-state index contributed by atoms with van der Waals surface area (Å²) < 4.78 is 4.92. The van der Waals surface area contributed by atoms with Crippen LogP contribution in [0.5, 0.6) is 0 Å². The zero-order chi connectivity index (χ0) is 13.8. The van der Waals surface area contributed by atoms with E-state index in [0.717, 1.165) is 4.88 Å². The first-order chi connectivity index (χ1) is 9.11. The number of carbonyl (C=O) groups is 2. The monoisotopic (exact) mass is 281 g/mol. The average Bonchev–Trinajstić information content (AvgIpc) is 2.98. The summed E-state index contributed by atoms with van der Waals surface area (Å²) in [5, 5.41) is 15.6. The van der Waals surface area contributed by atoms with Gasteiger partial charge < -0.3 is 10.1 Å². The van der Waals surface area contributed by atoms with Crippen LogP contribution in [0.4, 0.5) is 5.00 Å². The maximum atomic E-state index is 11.8. The van der Waals surface area contributed by atoms with Gasteiger partial charge in [0.1, 0.15) is 5.00 Å². The van der Waals surface area contributed by atoms with Crippen molar-refractivity contribution < 1.29 is 14.3 Å². The lowest BCUT2D eigenvalue weighted by Gasteiger charge is -2.03. The normalized spacial score (nSPS) is 10.2. The molecule has 0 aliphatic rings. The molecule has 0 aliphatic carbocycles. The predicted molar refractivity (Wildman–Crippen MR) is 67.1 cm³/mol. The van der Waals surface area contributed by atoms with E-state index >= 15 is 0 Å². The lowest BCUT2D eigenvalue weighted by molar-refractivity contribution is 0.0528. The Bertz CT molecular complexity index is 592. The van der Waals surface area contributed by atoms with E-state index in [1.54, 1.807) is 13.0 Å². The molecule has 2 N–H and O–H groups in total. The summed E-state index contributed by atoms with van der Waals surface area (Å²) in [6.45, 7) is 3.82. The van der Waals surface area contributed by atoms with Crippen molar-refractivity contribution in [1.29, 1.82) is 0 Å². The number of aromatic nitrogens is 4. The highest BCUT2D eigenvalue weighted by molar-refractivity contribution is 7.16. The molecule has 0 spiro atoms. The van der Waals surface area contributed by atoms with Gasteiger partial charge in [0.05, 0.1) is 12.2 Å². The van der Waals surface area contributed by atoms with E-state index in [2.05, 4.69) is 25.9 Å². The second kappa shape index (κ2) is 5.57. The fourth-order valence-electron chi connectivity index (χ4n) is 1.38. The molecule has 0 bridgehead atoms. The van der Waals surface area contributed by atoms with Crippen molar-refractivity contribution in [2.24, 2.45) is 0 Å². The van der Waals surface area contributed by atoms with Crippen molar-refractivity contribution in [1.82, 2.24) is 20.6 Å². The fraction of sp³-hybridized carbons (Fsp3) is 0.300. The highest BCUT2D eigenvalue weighted by atomic mass is 32.1. The molecule has 0 radical (unpaired) electrons. The van der Waals surface area contributed by atoms with E-state index in [9.17, 15) is 9.59 Å². The minimum absolute atomic E-state index is 0.0964. The van der Waals surface area contributed by atoms with Crippen molar-refractivity contribution in [3.63, 3.8) is 0 Å². The zero-order valence-electron chi connectivity index (χ0n) is 10.3. The molecule has 1 amide bonds. The molecule has 100 valence electrons. The van der Waals surface area contributed by atoms with Gasteiger partial charge in [-0.2, -0.15) is 5.21 Å². The van der Waals surface area contributed by atoms with E-state index in [1.165, 1.54) is 11.3 Å². The molecule has 0 aromatic carbocycles. The van der Waals surface area contributed by atoms with Crippen LogP contribution >= 0.6 is 11.3 Å². The highest BCUT2D eigenvalue weighted by Gasteiger charge is 2.19. The number of esters is 1. The van der Waals surface area contributed by atoms with Gasteiger partial charge in [0, 0.05) is 4.88 Å². The Morgan fingerprint density at radius 1 is 1.53 bits per heavy atom. The number of ether oxygens (including phenoxy) is 1. The smallest absolute Gasteiger partial charge is 0.341 e. The van der Waals surface area contributed by atoms with Gasteiger partial charge in [-0.3, -0.25) is 4.79 Å². The Morgan fingerprint density at radius 3 is 2.95 bits per heavy atom. The standard InChI is InChI=1S/C10H11N5O3S/c1-3-18-10(17)6-4-5(2)19-9(6)11-8(16)7-12-14-15-13-7/h4H,3H2,1-2H3,(H,11,16)(H,12,13,14,15). The molecule has 8 nitrogen and oxygen atoms in total. The molecular formula is C10H11N5O3S. The lowest BCUT2D eigenvalue weighted by atomic mass is 10.3. The fourth-order valence-corrected chi connectivity index (χ4v) is 2.28. The Labute approximate surface area is 112 Å². The van der Waals surface area contributed by atoms with Gasteiger partial charge in [0.25, 0.3) is 11.7 Å². The summed E-state index contributed by atoms with van der Waals surface area (Å²) in [4.78, 5) is 24.4. The SMILES string of the molecule is CCOC(=O)c1cc(C)sc1NC(=O)c1nn[nH]n1. The first-order valence-corrected chi connectivity index (χ1v) is 6.25. The molecule has 0 atom stereocenters. The van der Waals surface area contributed by atoms with Gasteiger partial charge in [0.2, 0.25) is 0 Å². The maximum absolute atomic E-state index is 11.8. The number of carbonyl (C=O) groups excluding carboxylic acids is 2. The van der Waals surface area contributed by atoms with Crippen LogP contribution in [-0.4, -0.2) is 39.1 Å². The minimum atomic E-state index is -0.541. The molecule has 0 saturated heterocycles. The van der Waals surface area contributed by atoms with Crippen LogP contribution in [0.3, 0.4) is 0 Å². The number of amides is 1. The van der Waals surface area contributed by atoms with Gasteiger partial charge >= 0.3 is 5.97 Å². The van der Waals surface area contributed by atoms with Gasteiger partial charge in [-0.1, -0.05) is 0 Å². The molecule has 2 aromatic heterocycles. The number of tetrazole rings is 1. The largest absolute Gasteiger partial charge is 0.462 e. The number of rotatable bonds is 4. The Morgan fingerprint density at radius 2 is 2.32 bits per heavy atom. The Kier molecular flexibility index (Phi) is 3.85. The number of H-pyrrole nitrogens is 1. The summed E-state index contributed by atoms with van der Waals surface area (Å²) in [6, 6.07) is 1.66. The molecule has 0 unspecified atom stereocenters. The summed E-state index contributed by atoms with van der Waals surface area (Å²) >= 11 is 1.28. The maximum Gasteiger partial charge on any atom is 0.341 e. The van der Waals surface area contributed by atoms with Crippen molar-refractivity contribution in [2.45, 2.75) is 13.8 Å². The van der Waals surface area contributed by atoms with Crippen LogP contribution in [-0.2, 0) is 4.74 Å². The molecule has 2 rings (SSSR count). The van der Waals surface area contributed by atoms with Crippen LogP contribution in [0.2, 0.25) is 0 Å². The number of nitrogens with one attached hydrogen (secondary N) is 2. The number of anilines is 1. The molecule has 0 fully saturated rings. The molecule has 2 aromatic rings. The van der Waals surface area contributed by atoms with Crippen LogP contribution in [0.15, 0.2) is 6.07 Å². The molecule has 2 heterocycles. The van der Waals surface area contributed by atoms with Crippen molar-refractivity contribution >= 4 is 28.2 Å². The third kappa shape index (κ3) is 2.94. The van der Waals surface area contributed by atoms with Gasteiger partial charge in [-0.05, 0) is 25.1 Å². The summed E-state index contributed by atoms with van der Waals surface area (Å²) in [5.74, 6) is -1.11. The molecule has 9 heteroatoms. The zero-order valence-corrected chi connectivity index (χ0v) is 11.1. The quantitative estimate of drug-likeness (QED) is 0.809. The van der Waals surface area contributed by atoms with Crippen LogP contribution in [0, 0.1) is 6.92 Å². The summed E-state index contributed by atoms with van der Waals surface area (Å²) in [7, 11) is 0. The topological polar surface area (TPSA) is 110 Å². The van der Waals surface area contributed by atoms with Gasteiger partial charge in [-0.15, -0.1) is 21.5 Å². The second-order valence-electron chi connectivity index (χ2n) is 3.51. The number of nitrogens with zero attached hydrogens (tertiary/aromatic N) is 3. The predicted octanol–water partition coefficient (Wildman–Crippen LogP) is 0.999. The van der Waals surface area contributed by atoms with Crippen molar-refractivity contribution in [2.75, 3.05) is 11.9 Å². The first-order valence-electron chi connectivity index (χ1n) is 5.44. The van der Waals surface area contributed by atoms with E-state index in [4.69, 9.17) is 4.74 Å². The molecular weight excluding hydrogens is 270 g/mol. The number of aryl methyl sites for hydroxylation is 1. The van der Waals surface area contributed by atoms with Gasteiger partial charge in [-0.25, -0.2) is 4.79 Å². The third-order valence-electron chi connectivity index (χ3n) is 2.13. The first kappa shape index (κ1) is 13.1. The second-order valence-corrected chi connectivity index (χ2v) is 4.77.